The van der Waals surface area contributed by atoms with Gasteiger partial charge in [0, 0.05) is 41.9 Å². The first kappa shape index (κ1) is 13.7. The average molecular weight is 359 g/mol. The van der Waals surface area contributed by atoms with Gasteiger partial charge in [-0.05, 0) is 35.7 Å². The van der Waals surface area contributed by atoms with Gasteiger partial charge in [0.15, 0.2) is 0 Å². The Balaban J connectivity index is 2.13. The van der Waals surface area contributed by atoms with Gasteiger partial charge >= 0.3 is 0 Å². The average Bonchev–Trinajstić information content (AvgIpc) is 2.36. The van der Waals surface area contributed by atoms with Crippen LogP contribution in [0, 0.1) is 20.7 Å². The topological polar surface area (TPSA) is 30.3 Å². The summed E-state index contributed by atoms with van der Waals surface area (Å²) in [6.45, 7) is 4.51. The predicted octanol–water partition coefficient (Wildman–Crippen LogP) is 2.05. The molecule has 3 nitrogen and oxygen atoms in total. The molecule has 0 saturated carbocycles. The Hall–Kier alpha value is -0.710. The van der Waals surface area contributed by atoms with E-state index in [-0.39, 0.29) is 11.4 Å². The molecule has 1 fully saturated rings. The zero-order valence-electron chi connectivity index (χ0n) is 10.3. The molecule has 1 aliphatic heterocycles. The molecule has 1 aromatic rings. The normalized spacial score (nSPS) is 17.7. The Bertz CT molecular complexity index is 476. The van der Waals surface area contributed by atoms with Gasteiger partial charge in [0.1, 0.15) is 17.4 Å². The molecule has 0 atom stereocenters. The zero-order chi connectivity index (χ0) is 13.1. The van der Waals surface area contributed by atoms with Crippen LogP contribution in [-0.4, -0.2) is 43.0 Å². The van der Waals surface area contributed by atoms with Gasteiger partial charge in [-0.15, -0.1) is 0 Å². The first-order valence-electron chi connectivity index (χ1n) is 5.89. The minimum atomic E-state index is -0.358. The largest absolute Gasteiger partial charge is 0.304 e. The van der Waals surface area contributed by atoms with Gasteiger partial charge in [-0.3, -0.25) is 4.90 Å². The number of rotatable bonds is 2. The van der Waals surface area contributed by atoms with Gasteiger partial charge < -0.3 is 4.90 Å². The van der Waals surface area contributed by atoms with Crippen LogP contribution >= 0.6 is 22.6 Å². The highest BCUT2D eigenvalue weighted by Crippen LogP contribution is 2.20. The second kappa shape index (κ2) is 5.95. The number of hydrogen-bond donors (Lipinski definition) is 0. The van der Waals surface area contributed by atoms with E-state index in [1.807, 2.05) is 34.7 Å². The molecule has 0 spiro atoms. The fraction of sp³-hybridized carbons (Fsp3) is 0.462. The second-order valence-electron chi connectivity index (χ2n) is 4.59. The van der Waals surface area contributed by atoms with Crippen molar-refractivity contribution in [1.82, 2.24) is 9.80 Å². The Morgan fingerprint density at radius 2 is 2.00 bits per heavy atom. The second-order valence-corrected chi connectivity index (χ2v) is 5.75. The van der Waals surface area contributed by atoms with Crippen molar-refractivity contribution in [3.8, 4) is 6.07 Å². The van der Waals surface area contributed by atoms with Crippen LogP contribution in [0.2, 0.25) is 0 Å². The summed E-state index contributed by atoms with van der Waals surface area (Å²) >= 11 is 1.99. The zero-order valence-corrected chi connectivity index (χ0v) is 12.4. The van der Waals surface area contributed by atoms with Crippen molar-refractivity contribution in [2.45, 2.75) is 6.54 Å². The predicted molar refractivity (Wildman–Crippen MR) is 76.6 cm³/mol. The third-order valence-corrected chi connectivity index (χ3v) is 4.17. The highest BCUT2D eigenvalue weighted by molar-refractivity contribution is 14.1. The van der Waals surface area contributed by atoms with E-state index in [9.17, 15) is 4.39 Å². The SMILES string of the molecule is CN1CCN(Cc2ccc(I)c(C#N)c2F)CC1. The Kier molecular flexibility index (Phi) is 4.54. The van der Waals surface area contributed by atoms with E-state index in [0.717, 1.165) is 26.2 Å². The van der Waals surface area contributed by atoms with E-state index in [2.05, 4.69) is 16.8 Å². The molecular weight excluding hydrogens is 344 g/mol. The molecule has 1 aromatic carbocycles. The van der Waals surface area contributed by atoms with Gasteiger partial charge in [-0.1, -0.05) is 6.07 Å². The molecule has 5 heteroatoms. The van der Waals surface area contributed by atoms with Crippen molar-refractivity contribution >= 4 is 22.6 Å². The summed E-state index contributed by atoms with van der Waals surface area (Å²) in [4.78, 5) is 4.49. The van der Waals surface area contributed by atoms with Crippen LogP contribution in [0.15, 0.2) is 12.1 Å². The Morgan fingerprint density at radius 3 is 2.61 bits per heavy atom. The van der Waals surface area contributed by atoms with E-state index in [1.54, 1.807) is 6.07 Å². The molecule has 0 aliphatic carbocycles. The number of benzene rings is 1. The third kappa shape index (κ3) is 2.99. The van der Waals surface area contributed by atoms with E-state index < -0.39 is 0 Å². The monoisotopic (exact) mass is 359 g/mol. The van der Waals surface area contributed by atoms with Gasteiger partial charge in [0.25, 0.3) is 0 Å². The van der Waals surface area contributed by atoms with Crippen molar-refractivity contribution < 1.29 is 4.39 Å². The summed E-state index contributed by atoms with van der Waals surface area (Å²) in [5.41, 5.74) is 0.791. The van der Waals surface area contributed by atoms with Crippen molar-refractivity contribution in [3.63, 3.8) is 0 Å². The fourth-order valence-corrected chi connectivity index (χ4v) is 2.60. The van der Waals surface area contributed by atoms with Crippen molar-refractivity contribution in [2.24, 2.45) is 0 Å². The van der Waals surface area contributed by atoms with Gasteiger partial charge in [-0.2, -0.15) is 5.26 Å². The molecule has 0 unspecified atom stereocenters. The first-order valence-corrected chi connectivity index (χ1v) is 6.97. The Labute approximate surface area is 120 Å². The molecule has 0 radical (unpaired) electrons. The smallest absolute Gasteiger partial charge is 0.146 e. The molecule has 0 bridgehead atoms. The van der Waals surface area contributed by atoms with E-state index in [0.29, 0.717) is 15.7 Å². The van der Waals surface area contributed by atoms with Crippen molar-refractivity contribution in [3.05, 3.63) is 32.6 Å². The lowest BCUT2D eigenvalue weighted by Gasteiger charge is -2.32. The molecule has 0 amide bonds. The molecule has 0 aromatic heterocycles. The van der Waals surface area contributed by atoms with E-state index >= 15 is 0 Å². The number of hydrogen-bond acceptors (Lipinski definition) is 3. The highest BCUT2D eigenvalue weighted by atomic mass is 127. The minimum Gasteiger partial charge on any atom is -0.304 e. The van der Waals surface area contributed by atoms with Crippen LogP contribution in [0.3, 0.4) is 0 Å². The Morgan fingerprint density at radius 1 is 1.33 bits per heavy atom. The summed E-state index contributed by atoms with van der Waals surface area (Å²) in [6, 6.07) is 5.54. The number of likely N-dealkylation sites (N-methyl/N-ethyl adjacent to an activating group) is 1. The number of nitrogens with zero attached hydrogens (tertiary/aromatic N) is 3. The first-order chi connectivity index (χ1) is 8.61. The summed E-state index contributed by atoms with van der Waals surface area (Å²) in [6.07, 6.45) is 0. The maximum atomic E-state index is 14.1. The van der Waals surface area contributed by atoms with Crippen LogP contribution in [0.25, 0.3) is 0 Å². The van der Waals surface area contributed by atoms with E-state index in [4.69, 9.17) is 5.26 Å². The van der Waals surface area contributed by atoms with Crippen LogP contribution in [0.1, 0.15) is 11.1 Å². The van der Waals surface area contributed by atoms with Gasteiger partial charge in [0.05, 0.1) is 0 Å². The molecule has 96 valence electrons. The number of halogens is 2. The van der Waals surface area contributed by atoms with Crippen molar-refractivity contribution in [1.29, 1.82) is 5.26 Å². The van der Waals surface area contributed by atoms with Crippen LogP contribution in [-0.2, 0) is 6.54 Å². The molecule has 2 rings (SSSR count). The minimum absolute atomic E-state index is 0.169. The maximum Gasteiger partial charge on any atom is 0.146 e. The summed E-state index contributed by atoms with van der Waals surface area (Å²) in [7, 11) is 2.09. The summed E-state index contributed by atoms with van der Waals surface area (Å²) in [5.74, 6) is -0.358. The fourth-order valence-electron chi connectivity index (χ4n) is 2.07. The molecule has 1 saturated heterocycles. The van der Waals surface area contributed by atoms with Gasteiger partial charge in [0.2, 0.25) is 0 Å². The summed E-state index contributed by atoms with van der Waals surface area (Å²) < 4.78 is 14.8. The van der Waals surface area contributed by atoms with E-state index in [1.165, 1.54) is 0 Å². The summed E-state index contributed by atoms with van der Waals surface area (Å²) in [5, 5.41) is 8.95. The number of piperazine rings is 1. The van der Waals surface area contributed by atoms with Gasteiger partial charge in [-0.25, -0.2) is 4.39 Å². The van der Waals surface area contributed by atoms with Crippen LogP contribution < -0.4 is 0 Å². The van der Waals surface area contributed by atoms with Crippen molar-refractivity contribution in [2.75, 3.05) is 33.2 Å². The number of nitriles is 1. The maximum absolute atomic E-state index is 14.1. The highest BCUT2D eigenvalue weighted by Gasteiger charge is 2.17. The molecular formula is C13H15FIN3. The quantitative estimate of drug-likeness (QED) is 0.758. The molecule has 1 aliphatic rings. The third-order valence-electron chi connectivity index (χ3n) is 3.27. The molecule has 18 heavy (non-hydrogen) atoms. The molecule has 1 heterocycles. The molecule has 0 N–H and O–H groups in total. The van der Waals surface area contributed by atoms with Crippen LogP contribution in [0.5, 0.6) is 0 Å². The lowest BCUT2D eigenvalue weighted by Crippen LogP contribution is -2.44. The lowest BCUT2D eigenvalue weighted by atomic mass is 10.1. The van der Waals surface area contributed by atoms with Crippen LogP contribution in [0.4, 0.5) is 4.39 Å². The standard InChI is InChI=1S/C13H15FIN3/c1-17-4-6-18(7-5-17)9-10-2-3-12(15)11(8-16)13(10)14/h2-3H,4-7,9H2,1H3. The lowest BCUT2D eigenvalue weighted by molar-refractivity contribution is 0.147.